The van der Waals surface area contributed by atoms with E-state index >= 15 is 0 Å². The number of nitrogens with two attached hydrogens (primary N) is 1. The Balaban J connectivity index is 1.25. The van der Waals surface area contributed by atoms with E-state index in [-0.39, 0.29) is 23.8 Å². The summed E-state index contributed by atoms with van der Waals surface area (Å²) < 4.78 is 1.74. The number of aliphatic hydroxyl groups is 1. The van der Waals surface area contributed by atoms with Gasteiger partial charge in [0.05, 0.1) is 23.0 Å². The number of carbonyl (C=O) groups is 3. The Hall–Kier alpha value is -3.92. The maximum Gasteiger partial charge on any atom is 0.252 e. The van der Waals surface area contributed by atoms with Gasteiger partial charge in [-0.15, -0.1) is 0 Å². The maximum atomic E-state index is 12.4. The second kappa shape index (κ2) is 9.68. The molecule has 3 amide bonds. The standard InChI is InChI=1S/C29H34N6O4/c1-15-23-14-34(29(39)16(2)36)12-20(23)9-24(15)33-26-22(27(30)37)11-31-35-13-19(10-25(26)35)17-3-5-18(6-4-17)28(38)32-21-7-8-21/h3-6,10-11,13,15-16,20-21,23-24,33,36H,7-9,12,14H2,1-2H3,(H2,30,37)(H,32,38)/t15-,16-,20-,23-,24-/m1/s1. The maximum absolute atomic E-state index is 12.4. The van der Waals surface area contributed by atoms with Crippen LogP contribution in [0.15, 0.2) is 42.7 Å². The number of hydrogen-bond donors (Lipinski definition) is 4. The molecule has 0 bridgehead atoms. The van der Waals surface area contributed by atoms with Gasteiger partial charge in [-0.2, -0.15) is 5.10 Å². The topological polar surface area (TPSA) is 142 Å². The lowest BCUT2D eigenvalue weighted by molar-refractivity contribution is -0.138. The second-order valence-corrected chi connectivity index (χ2v) is 11.4. The zero-order valence-corrected chi connectivity index (χ0v) is 22.1. The molecule has 0 radical (unpaired) electrons. The summed E-state index contributed by atoms with van der Waals surface area (Å²) in [7, 11) is 0. The van der Waals surface area contributed by atoms with E-state index in [9.17, 15) is 19.5 Å². The van der Waals surface area contributed by atoms with Gasteiger partial charge in [0.25, 0.3) is 17.7 Å². The summed E-state index contributed by atoms with van der Waals surface area (Å²) in [5.41, 5.74) is 9.94. The monoisotopic (exact) mass is 530 g/mol. The molecule has 39 heavy (non-hydrogen) atoms. The number of benzene rings is 1. The van der Waals surface area contributed by atoms with Crippen LogP contribution in [0.4, 0.5) is 5.69 Å². The van der Waals surface area contributed by atoms with E-state index < -0.39 is 12.0 Å². The van der Waals surface area contributed by atoms with Gasteiger partial charge in [0.1, 0.15) is 6.10 Å². The van der Waals surface area contributed by atoms with Gasteiger partial charge in [0.2, 0.25) is 0 Å². The molecule has 204 valence electrons. The fourth-order valence-corrected chi connectivity index (χ4v) is 6.26. The highest BCUT2D eigenvalue weighted by Gasteiger charge is 2.47. The highest BCUT2D eigenvalue weighted by atomic mass is 16.3. The van der Waals surface area contributed by atoms with Gasteiger partial charge >= 0.3 is 0 Å². The highest BCUT2D eigenvalue weighted by Crippen LogP contribution is 2.44. The molecule has 1 aliphatic heterocycles. The van der Waals surface area contributed by atoms with Gasteiger partial charge in [-0.05, 0) is 67.7 Å². The van der Waals surface area contributed by atoms with Crippen LogP contribution in [0.3, 0.4) is 0 Å². The van der Waals surface area contributed by atoms with Crippen molar-refractivity contribution in [2.75, 3.05) is 18.4 Å². The molecule has 1 aromatic carbocycles. The minimum Gasteiger partial charge on any atom is -0.384 e. The van der Waals surface area contributed by atoms with Crippen molar-refractivity contribution >= 4 is 28.9 Å². The van der Waals surface area contributed by atoms with E-state index in [0.717, 1.165) is 35.9 Å². The number of nitrogens with zero attached hydrogens (tertiary/aromatic N) is 3. The molecular formula is C29H34N6O4. The molecule has 3 aliphatic rings. The molecule has 0 spiro atoms. The first-order chi connectivity index (χ1) is 18.7. The van der Waals surface area contributed by atoms with Gasteiger partial charge < -0.3 is 26.4 Å². The number of amides is 3. The van der Waals surface area contributed by atoms with Gasteiger partial charge in [0.15, 0.2) is 0 Å². The van der Waals surface area contributed by atoms with Crippen molar-refractivity contribution in [1.82, 2.24) is 19.8 Å². The number of nitrogens with one attached hydrogen (secondary N) is 2. The number of rotatable bonds is 7. The first-order valence-corrected chi connectivity index (χ1v) is 13.7. The van der Waals surface area contributed by atoms with E-state index in [1.165, 1.54) is 13.1 Å². The lowest BCUT2D eigenvalue weighted by Gasteiger charge is -2.26. The Kier molecular flexibility index (Phi) is 6.29. The Morgan fingerprint density at radius 2 is 1.87 bits per heavy atom. The average Bonchev–Trinajstić information content (AvgIpc) is 3.34. The van der Waals surface area contributed by atoms with Crippen LogP contribution >= 0.6 is 0 Å². The molecule has 2 saturated carbocycles. The van der Waals surface area contributed by atoms with E-state index in [2.05, 4.69) is 22.7 Å². The fraction of sp³-hybridized carbons (Fsp3) is 0.448. The van der Waals surface area contributed by atoms with Crippen LogP contribution in [0.1, 0.15) is 53.8 Å². The van der Waals surface area contributed by atoms with E-state index in [1.807, 2.05) is 36.5 Å². The zero-order chi connectivity index (χ0) is 27.4. The van der Waals surface area contributed by atoms with Crippen molar-refractivity contribution in [3.63, 3.8) is 0 Å². The van der Waals surface area contributed by atoms with Crippen molar-refractivity contribution in [3.05, 3.63) is 53.9 Å². The van der Waals surface area contributed by atoms with Crippen LogP contribution in [0.5, 0.6) is 0 Å². The number of carbonyl (C=O) groups excluding carboxylic acids is 3. The van der Waals surface area contributed by atoms with Gasteiger partial charge in [-0.25, -0.2) is 4.52 Å². The Morgan fingerprint density at radius 3 is 2.51 bits per heavy atom. The summed E-state index contributed by atoms with van der Waals surface area (Å²) in [6.07, 6.45) is 5.34. The molecule has 1 saturated heterocycles. The number of fused-ring (bicyclic) bond motifs is 2. The third-order valence-corrected chi connectivity index (χ3v) is 8.65. The third kappa shape index (κ3) is 4.73. The molecule has 2 aromatic heterocycles. The molecule has 3 fully saturated rings. The number of aliphatic hydroxyl groups excluding tert-OH is 1. The predicted octanol–water partition coefficient (Wildman–Crippen LogP) is 2.27. The van der Waals surface area contributed by atoms with Crippen LogP contribution in [-0.4, -0.2) is 68.6 Å². The molecule has 5 N–H and O–H groups in total. The Labute approximate surface area is 226 Å². The van der Waals surface area contributed by atoms with E-state index in [4.69, 9.17) is 5.73 Å². The van der Waals surface area contributed by atoms with Crippen molar-refractivity contribution in [2.24, 2.45) is 23.5 Å². The summed E-state index contributed by atoms with van der Waals surface area (Å²) >= 11 is 0. The predicted molar refractivity (Wildman–Crippen MR) is 146 cm³/mol. The number of aromatic nitrogens is 2. The van der Waals surface area contributed by atoms with Gasteiger partial charge in [0, 0.05) is 42.5 Å². The molecule has 6 rings (SSSR count). The third-order valence-electron chi connectivity index (χ3n) is 8.65. The zero-order valence-electron chi connectivity index (χ0n) is 22.1. The Morgan fingerprint density at radius 1 is 1.13 bits per heavy atom. The molecule has 5 atom stereocenters. The highest BCUT2D eigenvalue weighted by molar-refractivity contribution is 6.02. The van der Waals surface area contributed by atoms with Crippen LogP contribution in [-0.2, 0) is 4.79 Å². The van der Waals surface area contributed by atoms with Crippen molar-refractivity contribution < 1.29 is 19.5 Å². The molecule has 3 aromatic rings. The van der Waals surface area contributed by atoms with Crippen LogP contribution in [0.25, 0.3) is 16.6 Å². The first-order valence-electron chi connectivity index (χ1n) is 13.7. The molecular weight excluding hydrogens is 496 g/mol. The summed E-state index contributed by atoms with van der Waals surface area (Å²) in [5.74, 6) is 0.0656. The van der Waals surface area contributed by atoms with Crippen molar-refractivity contribution in [3.8, 4) is 11.1 Å². The smallest absolute Gasteiger partial charge is 0.252 e. The molecule has 0 unspecified atom stereocenters. The number of anilines is 1. The van der Waals surface area contributed by atoms with Gasteiger partial charge in [-0.3, -0.25) is 14.4 Å². The SMILES string of the molecule is C[C@@H]1[C@H]2CN(C(=O)[C@@H](C)O)C[C@H]2C[C@H]1Nc1c(C(N)=O)cnn2cc(-c3ccc(C(=O)NC4CC4)cc3)cc12. The Bertz CT molecular complexity index is 1440. The minimum absolute atomic E-state index is 0.0563. The van der Waals surface area contributed by atoms with E-state index in [0.29, 0.717) is 47.8 Å². The number of hydrogen-bond acceptors (Lipinski definition) is 6. The van der Waals surface area contributed by atoms with Crippen LogP contribution in [0, 0.1) is 17.8 Å². The number of likely N-dealkylation sites (tertiary alicyclic amines) is 1. The lowest BCUT2D eigenvalue weighted by atomic mass is 9.93. The van der Waals surface area contributed by atoms with E-state index in [1.54, 1.807) is 9.42 Å². The summed E-state index contributed by atoms with van der Waals surface area (Å²) in [5, 5.41) is 20.8. The van der Waals surface area contributed by atoms with Gasteiger partial charge in [-0.1, -0.05) is 19.1 Å². The first kappa shape index (κ1) is 25.4. The van der Waals surface area contributed by atoms with Crippen LogP contribution < -0.4 is 16.4 Å². The van der Waals surface area contributed by atoms with Crippen molar-refractivity contribution in [2.45, 2.75) is 51.3 Å². The normalized spacial score (nSPS) is 24.9. The lowest BCUT2D eigenvalue weighted by Crippen LogP contribution is -2.38. The summed E-state index contributed by atoms with van der Waals surface area (Å²) in [4.78, 5) is 38.8. The molecule has 10 heteroatoms. The molecule has 3 heterocycles. The van der Waals surface area contributed by atoms with Crippen molar-refractivity contribution in [1.29, 1.82) is 0 Å². The molecule has 10 nitrogen and oxygen atoms in total. The second-order valence-electron chi connectivity index (χ2n) is 11.4. The molecule has 2 aliphatic carbocycles. The van der Waals surface area contributed by atoms with Crippen LogP contribution in [0.2, 0.25) is 0 Å². The summed E-state index contributed by atoms with van der Waals surface area (Å²) in [6.45, 7) is 4.95. The largest absolute Gasteiger partial charge is 0.384 e. The summed E-state index contributed by atoms with van der Waals surface area (Å²) in [6, 6.07) is 9.85. The quantitative estimate of drug-likeness (QED) is 0.369. The average molecular weight is 531 g/mol. The minimum atomic E-state index is -0.990. The fourth-order valence-electron chi connectivity index (χ4n) is 6.26. The number of primary amides is 1.